The second-order valence-corrected chi connectivity index (χ2v) is 9.66. The van der Waals surface area contributed by atoms with Gasteiger partial charge in [-0.1, -0.05) is 55.8 Å². The lowest BCUT2D eigenvalue weighted by Crippen LogP contribution is -2.42. The highest BCUT2D eigenvalue weighted by Crippen LogP contribution is 2.38. The van der Waals surface area contributed by atoms with Gasteiger partial charge in [-0.15, -0.1) is 0 Å². The molecule has 1 aliphatic rings. The molecule has 4 rings (SSSR count). The normalized spacial score (nSPS) is 13.3. The van der Waals surface area contributed by atoms with Crippen LogP contribution in [0.2, 0.25) is 0 Å². The zero-order valence-electron chi connectivity index (χ0n) is 20.5. The molecule has 1 fully saturated rings. The summed E-state index contributed by atoms with van der Waals surface area (Å²) < 4.78 is 0. The maximum absolute atomic E-state index is 13.0. The van der Waals surface area contributed by atoms with Crippen molar-refractivity contribution in [3.05, 3.63) is 77.9 Å². The fraction of sp³-hybridized carbons (Fsp3) is 0.310. The number of nitrogens with one attached hydrogen (secondary N) is 2. The van der Waals surface area contributed by atoms with Crippen LogP contribution < -0.4 is 15.5 Å². The summed E-state index contributed by atoms with van der Waals surface area (Å²) in [7, 11) is 0. The van der Waals surface area contributed by atoms with Crippen molar-refractivity contribution in [2.24, 2.45) is 5.92 Å². The summed E-state index contributed by atoms with van der Waals surface area (Å²) in [5, 5.41) is 15.6. The predicted molar refractivity (Wildman–Crippen MR) is 142 cm³/mol. The fourth-order valence-electron chi connectivity index (χ4n) is 4.43. The summed E-state index contributed by atoms with van der Waals surface area (Å²) >= 11 is 0. The maximum Gasteiger partial charge on any atom is 0.336 e. The number of hydrogen-bond donors (Lipinski definition) is 3. The number of anilines is 3. The van der Waals surface area contributed by atoms with E-state index >= 15 is 0 Å². The Morgan fingerprint density at radius 3 is 2.34 bits per heavy atom. The standard InChI is InChI=1S/C29H33N3O3/c1-19(2)18-32(23-7-6-8-23)27-16-13-21(24-9-4-5-10-25(24)28(33)34)17-26(27)31-29(35)30-22-14-11-20(3)12-15-22/h4-5,9-17,19,23H,6-8,18H2,1-3H3,(H,33,34)(H2,30,31,35). The largest absolute Gasteiger partial charge is 0.478 e. The van der Waals surface area contributed by atoms with Crippen molar-refractivity contribution in [3.8, 4) is 11.1 Å². The first-order valence-electron chi connectivity index (χ1n) is 12.2. The van der Waals surface area contributed by atoms with Crippen LogP contribution in [0.4, 0.5) is 21.9 Å². The molecule has 0 bridgehead atoms. The zero-order chi connectivity index (χ0) is 24.9. The number of nitrogens with zero attached hydrogens (tertiary/aromatic N) is 1. The molecule has 0 saturated heterocycles. The Morgan fingerprint density at radius 1 is 1.00 bits per heavy atom. The number of carbonyl (C=O) groups is 2. The minimum atomic E-state index is -0.979. The Balaban J connectivity index is 1.72. The first-order chi connectivity index (χ1) is 16.8. The first-order valence-corrected chi connectivity index (χ1v) is 12.2. The molecule has 1 aliphatic carbocycles. The van der Waals surface area contributed by atoms with E-state index < -0.39 is 5.97 Å². The van der Waals surface area contributed by atoms with Gasteiger partial charge in [0.2, 0.25) is 0 Å². The summed E-state index contributed by atoms with van der Waals surface area (Å²) in [4.78, 5) is 27.2. The van der Waals surface area contributed by atoms with Gasteiger partial charge >= 0.3 is 12.0 Å². The van der Waals surface area contributed by atoms with Crippen molar-refractivity contribution in [1.29, 1.82) is 0 Å². The van der Waals surface area contributed by atoms with Crippen LogP contribution in [0.25, 0.3) is 11.1 Å². The molecule has 182 valence electrons. The van der Waals surface area contributed by atoms with Gasteiger partial charge in [-0.3, -0.25) is 0 Å². The Kier molecular flexibility index (Phi) is 7.39. The van der Waals surface area contributed by atoms with E-state index in [0.29, 0.717) is 28.9 Å². The van der Waals surface area contributed by atoms with Gasteiger partial charge in [0.05, 0.1) is 16.9 Å². The van der Waals surface area contributed by atoms with Crippen LogP contribution in [0, 0.1) is 12.8 Å². The molecule has 0 heterocycles. The van der Waals surface area contributed by atoms with Crippen LogP contribution in [0.1, 0.15) is 49.0 Å². The second kappa shape index (κ2) is 10.6. The van der Waals surface area contributed by atoms with Gasteiger partial charge in [-0.25, -0.2) is 9.59 Å². The maximum atomic E-state index is 13.0. The fourth-order valence-corrected chi connectivity index (χ4v) is 4.43. The molecule has 35 heavy (non-hydrogen) atoms. The number of urea groups is 1. The van der Waals surface area contributed by atoms with Crippen LogP contribution in [0.15, 0.2) is 66.7 Å². The number of rotatable bonds is 8. The molecule has 6 heteroatoms. The van der Waals surface area contributed by atoms with E-state index in [1.807, 2.05) is 55.5 Å². The lowest BCUT2D eigenvalue weighted by Gasteiger charge is -2.41. The highest BCUT2D eigenvalue weighted by molar-refractivity contribution is 6.03. The number of carbonyl (C=O) groups excluding carboxylic acids is 1. The summed E-state index contributed by atoms with van der Waals surface area (Å²) in [6.07, 6.45) is 3.47. The van der Waals surface area contributed by atoms with Crippen molar-refractivity contribution in [2.45, 2.75) is 46.1 Å². The lowest BCUT2D eigenvalue weighted by atomic mass is 9.89. The molecule has 3 aromatic carbocycles. The molecule has 0 aliphatic heterocycles. The van der Waals surface area contributed by atoms with Crippen LogP contribution in [-0.4, -0.2) is 29.7 Å². The smallest absolute Gasteiger partial charge is 0.336 e. The SMILES string of the molecule is Cc1ccc(NC(=O)Nc2cc(-c3ccccc3C(=O)O)ccc2N(CC(C)C)C2CCC2)cc1. The topological polar surface area (TPSA) is 81.7 Å². The molecular formula is C29H33N3O3. The van der Waals surface area contributed by atoms with Crippen molar-refractivity contribution < 1.29 is 14.7 Å². The van der Waals surface area contributed by atoms with Crippen LogP contribution in [0.3, 0.4) is 0 Å². The summed E-state index contributed by atoms with van der Waals surface area (Å²) in [6, 6.07) is 20.5. The van der Waals surface area contributed by atoms with Crippen molar-refractivity contribution in [3.63, 3.8) is 0 Å². The third-order valence-electron chi connectivity index (χ3n) is 6.41. The number of aromatic carboxylic acids is 1. The average Bonchev–Trinajstić information content (AvgIpc) is 2.78. The van der Waals surface area contributed by atoms with E-state index in [0.717, 1.165) is 36.2 Å². The molecule has 1 saturated carbocycles. The van der Waals surface area contributed by atoms with E-state index in [9.17, 15) is 14.7 Å². The summed E-state index contributed by atoms with van der Waals surface area (Å²) in [5.41, 5.74) is 5.04. The highest BCUT2D eigenvalue weighted by Gasteiger charge is 2.28. The van der Waals surface area contributed by atoms with Crippen molar-refractivity contribution in [1.82, 2.24) is 0 Å². The number of carboxylic acid groups (broad SMARTS) is 1. The molecule has 3 N–H and O–H groups in total. The molecule has 2 amide bonds. The molecule has 0 spiro atoms. The van der Waals surface area contributed by atoms with Gasteiger partial charge in [0.15, 0.2) is 0 Å². The van der Waals surface area contributed by atoms with Gasteiger partial charge in [-0.05, 0) is 73.6 Å². The summed E-state index contributed by atoms with van der Waals surface area (Å²) in [6.45, 7) is 7.27. The third-order valence-corrected chi connectivity index (χ3v) is 6.41. The highest BCUT2D eigenvalue weighted by atomic mass is 16.4. The number of benzene rings is 3. The van der Waals surface area contributed by atoms with E-state index in [4.69, 9.17) is 0 Å². The molecule has 0 unspecified atom stereocenters. The predicted octanol–water partition coefficient (Wildman–Crippen LogP) is 7.02. The minimum Gasteiger partial charge on any atom is -0.478 e. The molecule has 6 nitrogen and oxygen atoms in total. The first kappa shape index (κ1) is 24.3. The second-order valence-electron chi connectivity index (χ2n) is 9.66. The zero-order valence-corrected chi connectivity index (χ0v) is 20.5. The van der Waals surface area contributed by atoms with E-state index in [2.05, 4.69) is 29.4 Å². The summed E-state index contributed by atoms with van der Waals surface area (Å²) in [5.74, 6) is -0.524. The Labute approximate surface area is 207 Å². The van der Waals surface area contributed by atoms with Gasteiger partial charge in [-0.2, -0.15) is 0 Å². The average molecular weight is 472 g/mol. The molecule has 0 radical (unpaired) electrons. The monoisotopic (exact) mass is 471 g/mol. The third kappa shape index (κ3) is 5.83. The van der Waals surface area contributed by atoms with Gasteiger partial charge < -0.3 is 20.6 Å². The van der Waals surface area contributed by atoms with Crippen LogP contribution in [-0.2, 0) is 0 Å². The van der Waals surface area contributed by atoms with Crippen LogP contribution in [0.5, 0.6) is 0 Å². The lowest BCUT2D eigenvalue weighted by molar-refractivity contribution is 0.0697. The molecular weight excluding hydrogens is 438 g/mol. The Bertz CT molecular complexity index is 1200. The van der Waals surface area contributed by atoms with Gasteiger partial charge in [0, 0.05) is 18.3 Å². The quantitative estimate of drug-likeness (QED) is 0.330. The number of hydrogen-bond acceptors (Lipinski definition) is 3. The molecule has 0 atom stereocenters. The van der Waals surface area contributed by atoms with Gasteiger partial charge in [0.1, 0.15) is 0 Å². The van der Waals surface area contributed by atoms with E-state index in [1.54, 1.807) is 18.2 Å². The Hall–Kier alpha value is -3.80. The van der Waals surface area contributed by atoms with Gasteiger partial charge in [0.25, 0.3) is 0 Å². The number of aryl methyl sites for hydroxylation is 1. The van der Waals surface area contributed by atoms with E-state index in [-0.39, 0.29) is 11.6 Å². The van der Waals surface area contributed by atoms with Crippen molar-refractivity contribution >= 4 is 29.1 Å². The number of amides is 2. The van der Waals surface area contributed by atoms with Crippen LogP contribution >= 0.6 is 0 Å². The molecule has 3 aromatic rings. The van der Waals surface area contributed by atoms with E-state index in [1.165, 1.54) is 6.42 Å². The minimum absolute atomic E-state index is 0.230. The number of carboxylic acids is 1. The Morgan fingerprint density at radius 2 is 1.71 bits per heavy atom. The molecule has 0 aromatic heterocycles. The van der Waals surface area contributed by atoms with Crippen molar-refractivity contribution in [2.75, 3.05) is 22.1 Å².